The summed E-state index contributed by atoms with van der Waals surface area (Å²) in [5.74, 6) is 2.59. The van der Waals surface area contributed by atoms with E-state index in [1.165, 1.54) is 11.1 Å². The molecular weight excluding hydrogens is 342 g/mol. The number of aryl methyl sites for hydroxylation is 2. The number of hydrogen-bond donors (Lipinski definition) is 1. The molecule has 2 heterocycles. The van der Waals surface area contributed by atoms with Gasteiger partial charge in [-0.3, -0.25) is 4.79 Å². The summed E-state index contributed by atoms with van der Waals surface area (Å²) in [6.45, 7) is 4.16. The van der Waals surface area contributed by atoms with Gasteiger partial charge in [-0.1, -0.05) is 36.4 Å². The van der Waals surface area contributed by atoms with Gasteiger partial charge in [0.2, 0.25) is 5.91 Å². The van der Waals surface area contributed by atoms with Crippen molar-refractivity contribution in [3.63, 3.8) is 0 Å². The zero-order valence-corrected chi connectivity index (χ0v) is 15.8. The quantitative estimate of drug-likeness (QED) is 0.746. The van der Waals surface area contributed by atoms with Crippen molar-refractivity contribution in [3.8, 4) is 5.69 Å². The van der Waals surface area contributed by atoms with Gasteiger partial charge in [-0.25, -0.2) is 4.68 Å². The fraction of sp³-hybridized carbons (Fsp3) is 0.238. The minimum Gasteiger partial charge on any atom is -0.310 e. The van der Waals surface area contributed by atoms with Gasteiger partial charge in [0.15, 0.2) is 0 Å². The summed E-state index contributed by atoms with van der Waals surface area (Å²) < 4.78 is 1.90. The number of thioether (sulfide) groups is 1. The second-order valence-corrected chi connectivity index (χ2v) is 7.72. The lowest BCUT2D eigenvalue weighted by atomic mass is 10.1. The normalized spacial score (nSPS) is 12.8. The molecule has 4 rings (SSSR count). The third kappa shape index (κ3) is 3.40. The molecule has 2 aromatic carbocycles. The third-order valence-electron chi connectivity index (χ3n) is 4.47. The molecular formula is C21H21N3OS. The number of benzene rings is 2. The molecule has 3 aromatic rings. The van der Waals surface area contributed by atoms with Crippen LogP contribution in [0.2, 0.25) is 0 Å². The van der Waals surface area contributed by atoms with Gasteiger partial charge in [-0.05, 0) is 42.7 Å². The van der Waals surface area contributed by atoms with Gasteiger partial charge in [0.1, 0.15) is 5.82 Å². The summed E-state index contributed by atoms with van der Waals surface area (Å²) >= 11 is 1.84. The molecule has 0 unspecified atom stereocenters. The molecule has 4 nitrogen and oxygen atoms in total. The molecule has 0 atom stereocenters. The Morgan fingerprint density at radius 1 is 1.12 bits per heavy atom. The first kappa shape index (κ1) is 16.9. The van der Waals surface area contributed by atoms with Crippen molar-refractivity contribution in [1.29, 1.82) is 0 Å². The largest absolute Gasteiger partial charge is 0.310 e. The summed E-state index contributed by atoms with van der Waals surface area (Å²) in [6, 6.07) is 16.2. The molecule has 5 heteroatoms. The molecule has 1 N–H and O–H groups in total. The van der Waals surface area contributed by atoms with Gasteiger partial charge in [-0.15, -0.1) is 0 Å². The molecule has 0 aliphatic carbocycles. The van der Waals surface area contributed by atoms with Crippen LogP contribution in [0.1, 0.15) is 27.9 Å². The number of carbonyl (C=O) groups excluding carboxylic acids is 1. The molecule has 0 saturated carbocycles. The highest BCUT2D eigenvalue weighted by Crippen LogP contribution is 2.36. The second-order valence-electron chi connectivity index (χ2n) is 6.73. The van der Waals surface area contributed by atoms with E-state index in [4.69, 9.17) is 5.10 Å². The lowest BCUT2D eigenvalue weighted by Crippen LogP contribution is -2.18. The zero-order chi connectivity index (χ0) is 18.1. The van der Waals surface area contributed by atoms with E-state index in [-0.39, 0.29) is 5.91 Å². The summed E-state index contributed by atoms with van der Waals surface area (Å²) in [5.41, 5.74) is 6.60. The molecule has 0 radical (unpaired) electrons. The van der Waals surface area contributed by atoms with Gasteiger partial charge in [0.25, 0.3) is 0 Å². The van der Waals surface area contributed by atoms with E-state index in [0.717, 1.165) is 39.8 Å². The maximum absolute atomic E-state index is 12.6. The number of rotatable bonds is 4. The molecule has 0 bridgehead atoms. The fourth-order valence-corrected chi connectivity index (χ4v) is 4.39. The monoisotopic (exact) mass is 363 g/mol. The molecule has 1 aliphatic heterocycles. The van der Waals surface area contributed by atoms with Crippen molar-refractivity contribution in [1.82, 2.24) is 9.78 Å². The Morgan fingerprint density at radius 3 is 2.58 bits per heavy atom. The number of nitrogens with zero attached hydrogens (tertiary/aromatic N) is 2. The maximum atomic E-state index is 12.6. The van der Waals surface area contributed by atoms with Crippen molar-refractivity contribution in [3.05, 3.63) is 76.5 Å². The van der Waals surface area contributed by atoms with E-state index in [1.807, 2.05) is 46.8 Å². The fourth-order valence-electron chi connectivity index (χ4n) is 3.36. The number of fused-ring (bicyclic) bond motifs is 1. The van der Waals surface area contributed by atoms with Crippen molar-refractivity contribution in [2.24, 2.45) is 0 Å². The molecule has 0 fully saturated rings. The van der Waals surface area contributed by atoms with E-state index >= 15 is 0 Å². The topological polar surface area (TPSA) is 46.9 Å². The van der Waals surface area contributed by atoms with E-state index in [9.17, 15) is 4.79 Å². The van der Waals surface area contributed by atoms with Crippen LogP contribution >= 0.6 is 11.8 Å². The SMILES string of the molecule is Cc1cc(C)cc(-n2nc3c(c2NC(=O)Cc2ccccc2)CSC3)c1. The molecule has 1 aromatic heterocycles. The van der Waals surface area contributed by atoms with Crippen LogP contribution in [0.25, 0.3) is 5.69 Å². The van der Waals surface area contributed by atoms with Crippen LogP contribution in [0, 0.1) is 13.8 Å². The van der Waals surface area contributed by atoms with Crippen LogP contribution in [0.3, 0.4) is 0 Å². The lowest BCUT2D eigenvalue weighted by molar-refractivity contribution is -0.115. The Labute approximate surface area is 157 Å². The Hall–Kier alpha value is -2.53. The number of hydrogen-bond acceptors (Lipinski definition) is 3. The van der Waals surface area contributed by atoms with Crippen LogP contribution in [-0.4, -0.2) is 15.7 Å². The first-order valence-corrected chi connectivity index (χ1v) is 9.86. The van der Waals surface area contributed by atoms with Crippen molar-refractivity contribution >= 4 is 23.5 Å². The molecule has 1 aliphatic rings. The second kappa shape index (κ2) is 7.00. The summed E-state index contributed by atoms with van der Waals surface area (Å²) in [4.78, 5) is 12.6. The Bertz CT molecular complexity index is 943. The van der Waals surface area contributed by atoms with Gasteiger partial charge in [0.05, 0.1) is 17.8 Å². The number of nitrogens with one attached hydrogen (secondary N) is 1. The molecule has 0 saturated heterocycles. The molecule has 0 spiro atoms. The first-order valence-electron chi connectivity index (χ1n) is 8.71. The van der Waals surface area contributed by atoms with Crippen LogP contribution in [0.4, 0.5) is 5.82 Å². The van der Waals surface area contributed by atoms with Crippen LogP contribution < -0.4 is 5.32 Å². The predicted molar refractivity (Wildman–Crippen MR) is 107 cm³/mol. The van der Waals surface area contributed by atoms with Gasteiger partial charge >= 0.3 is 0 Å². The van der Waals surface area contributed by atoms with E-state index in [0.29, 0.717) is 6.42 Å². The van der Waals surface area contributed by atoms with Gasteiger partial charge < -0.3 is 5.32 Å². The predicted octanol–water partition coefficient (Wildman–Crippen LogP) is 4.42. The lowest BCUT2D eigenvalue weighted by Gasteiger charge is -2.12. The minimum absolute atomic E-state index is 0.0126. The summed E-state index contributed by atoms with van der Waals surface area (Å²) in [7, 11) is 0. The van der Waals surface area contributed by atoms with Gasteiger partial charge in [-0.2, -0.15) is 16.9 Å². The smallest absolute Gasteiger partial charge is 0.229 e. The number of aromatic nitrogens is 2. The van der Waals surface area contributed by atoms with E-state index in [1.54, 1.807) is 0 Å². The van der Waals surface area contributed by atoms with E-state index in [2.05, 4.69) is 37.4 Å². The third-order valence-corrected chi connectivity index (χ3v) is 5.44. The Morgan fingerprint density at radius 2 is 1.85 bits per heavy atom. The molecule has 26 heavy (non-hydrogen) atoms. The summed E-state index contributed by atoms with van der Waals surface area (Å²) in [6.07, 6.45) is 0.362. The van der Waals surface area contributed by atoms with Crippen molar-refractivity contribution < 1.29 is 4.79 Å². The first-order chi connectivity index (χ1) is 12.6. The maximum Gasteiger partial charge on any atom is 0.229 e. The van der Waals surface area contributed by atoms with Gasteiger partial charge in [0, 0.05) is 17.1 Å². The highest BCUT2D eigenvalue weighted by Gasteiger charge is 2.24. The minimum atomic E-state index is -0.0126. The Balaban J connectivity index is 1.68. The van der Waals surface area contributed by atoms with Crippen LogP contribution in [0.15, 0.2) is 48.5 Å². The zero-order valence-electron chi connectivity index (χ0n) is 15.0. The standard InChI is InChI=1S/C21H21N3OS/c1-14-8-15(2)10-17(9-14)24-21(18-12-26-13-19(18)23-24)22-20(25)11-16-6-4-3-5-7-16/h3-10H,11-13H2,1-2H3,(H,22,25). The molecule has 132 valence electrons. The average molecular weight is 363 g/mol. The van der Waals surface area contributed by atoms with E-state index < -0.39 is 0 Å². The van der Waals surface area contributed by atoms with Crippen molar-refractivity contribution in [2.45, 2.75) is 31.8 Å². The number of amides is 1. The summed E-state index contributed by atoms with van der Waals surface area (Å²) in [5, 5.41) is 7.91. The van der Waals surface area contributed by atoms with Crippen LogP contribution in [0.5, 0.6) is 0 Å². The Kier molecular flexibility index (Phi) is 4.55. The number of carbonyl (C=O) groups is 1. The van der Waals surface area contributed by atoms with Crippen molar-refractivity contribution in [2.75, 3.05) is 5.32 Å². The highest BCUT2D eigenvalue weighted by molar-refractivity contribution is 7.98. The highest BCUT2D eigenvalue weighted by atomic mass is 32.2. The van der Waals surface area contributed by atoms with Crippen LogP contribution in [-0.2, 0) is 22.7 Å². The average Bonchev–Trinajstić information content (AvgIpc) is 3.17. The number of anilines is 1. The molecule has 1 amide bonds.